The molecular formula is C13H12N4. The van der Waals surface area contributed by atoms with E-state index in [1.165, 1.54) is 0 Å². The van der Waals surface area contributed by atoms with E-state index < -0.39 is 0 Å². The van der Waals surface area contributed by atoms with E-state index in [9.17, 15) is 0 Å². The van der Waals surface area contributed by atoms with E-state index in [1.54, 1.807) is 6.20 Å². The van der Waals surface area contributed by atoms with Crippen molar-refractivity contribution in [3.63, 3.8) is 0 Å². The number of fused-ring (bicyclic) bond motifs is 1. The number of hydrogen-bond acceptors (Lipinski definition) is 3. The Kier molecular flexibility index (Phi) is 2.26. The van der Waals surface area contributed by atoms with Gasteiger partial charge in [-0.2, -0.15) is 0 Å². The number of para-hydroxylation sites is 2. The van der Waals surface area contributed by atoms with Gasteiger partial charge in [-0.05, 0) is 24.3 Å². The number of H-pyrrole nitrogens is 1. The first-order chi connectivity index (χ1) is 8.38. The normalized spacial score (nSPS) is 10.6. The van der Waals surface area contributed by atoms with Crippen LogP contribution in [0, 0.1) is 0 Å². The molecule has 0 bridgehead atoms. The molecule has 2 N–H and O–H groups in total. The van der Waals surface area contributed by atoms with Crippen LogP contribution in [0.4, 0.5) is 5.69 Å². The molecule has 84 valence electrons. The summed E-state index contributed by atoms with van der Waals surface area (Å²) in [5, 5.41) is 3.12. The van der Waals surface area contributed by atoms with Gasteiger partial charge < -0.3 is 10.3 Å². The zero-order valence-electron chi connectivity index (χ0n) is 9.44. The molecule has 0 fully saturated rings. The number of imidazole rings is 1. The summed E-state index contributed by atoms with van der Waals surface area (Å²) in [4.78, 5) is 12.2. The third kappa shape index (κ3) is 1.63. The number of pyridine rings is 1. The molecule has 17 heavy (non-hydrogen) atoms. The second-order valence-electron chi connectivity index (χ2n) is 3.75. The van der Waals surface area contributed by atoms with Gasteiger partial charge in [0.2, 0.25) is 0 Å². The fourth-order valence-electron chi connectivity index (χ4n) is 1.86. The van der Waals surface area contributed by atoms with E-state index in [0.717, 1.165) is 28.2 Å². The van der Waals surface area contributed by atoms with Crippen molar-refractivity contribution in [1.82, 2.24) is 15.0 Å². The molecule has 4 nitrogen and oxygen atoms in total. The van der Waals surface area contributed by atoms with Crippen molar-refractivity contribution < 1.29 is 0 Å². The molecule has 0 unspecified atom stereocenters. The Morgan fingerprint density at radius 1 is 1.12 bits per heavy atom. The first-order valence-electron chi connectivity index (χ1n) is 5.46. The molecule has 0 radical (unpaired) electrons. The first kappa shape index (κ1) is 9.84. The van der Waals surface area contributed by atoms with Gasteiger partial charge in [0.15, 0.2) is 5.82 Å². The van der Waals surface area contributed by atoms with Crippen LogP contribution in [0.15, 0.2) is 42.6 Å². The van der Waals surface area contributed by atoms with E-state index in [1.807, 2.05) is 43.4 Å². The van der Waals surface area contributed by atoms with E-state index in [-0.39, 0.29) is 0 Å². The SMILES string of the molecule is CNc1cccnc1-c1nc2ccccc2[nH]1. The molecule has 0 atom stereocenters. The smallest absolute Gasteiger partial charge is 0.159 e. The summed E-state index contributed by atoms with van der Waals surface area (Å²) >= 11 is 0. The number of nitrogens with zero attached hydrogens (tertiary/aromatic N) is 2. The molecule has 2 heterocycles. The number of anilines is 1. The number of nitrogens with one attached hydrogen (secondary N) is 2. The predicted octanol–water partition coefficient (Wildman–Crippen LogP) is 2.67. The maximum absolute atomic E-state index is 4.53. The molecule has 2 aromatic heterocycles. The summed E-state index contributed by atoms with van der Waals surface area (Å²) in [7, 11) is 1.88. The van der Waals surface area contributed by atoms with Crippen molar-refractivity contribution in [2.75, 3.05) is 12.4 Å². The van der Waals surface area contributed by atoms with Gasteiger partial charge in [-0.1, -0.05) is 12.1 Å². The summed E-state index contributed by atoms with van der Waals surface area (Å²) < 4.78 is 0. The van der Waals surface area contributed by atoms with Crippen molar-refractivity contribution in [2.24, 2.45) is 0 Å². The molecule has 3 aromatic rings. The lowest BCUT2D eigenvalue weighted by Crippen LogP contribution is -1.94. The van der Waals surface area contributed by atoms with Crippen LogP contribution < -0.4 is 5.32 Å². The maximum atomic E-state index is 4.53. The molecule has 0 amide bonds. The summed E-state index contributed by atoms with van der Waals surface area (Å²) in [6.07, 6.45) is 1.77. The predicted molar refractivity (Wildman–Crippen MR) is 68.9 cm³/mol. The van der Waals surface area contributed by atoms with Crippen LogP contribution in [-0.4, -0.2) is 22.0 Å². The third-order valence-corrected chi connectivity index (χ3v) is 2.69. The second-order valence-corrected chi connectivity index (χ2v) is 3.75. The van der Waals surface area contributed by atoms with E-state index in [2.05, 4.69) is 20.3 Å². The number of benzene rings is 1. The minimum atomic E-state index is 0.788. The van der Waals surface area contributed by atoms with Crippen LogP contribution in [0.1, 0.15) is 0 Å². The molecule has 4 heteroatoms. The average Bonchev–Trinajstić information content (AvgIpc) is 2.82. The highest BCUT2D eigenvalue weighted by Gasteiger charge is 2.09. The number of aromatic nitrogens is 3. The highest BCUT2D eigenvalue weighted by molar-refractivity contribution is 5.81. The van der Waals surface area contributed by atoms with E-state index >= 15 is 0 Å². The monoisotopic (exact) mass is 224 g/mol. The first-order valence-corrected chi connectivity index (χ1v) is 5.46. The standard InChI is InChI=1S/C13H12N4/c1-14-11-7-4-8-15-12(11)13-16-9-5-2-3-6-10(9)17-13/h2-8,14H,1H3,(H,16,17). The van der Waals surface area contributed by atoms with Gasteiger partial charge in [0.05, 0.1) is 16.7 Å². The molecule has 0 saturated heterocycles. The lowest BCUT2D eigenvalue weighted by Gasteiger charge is -2.03. The van der Waals surface area contributed by atoms with Crippen LogP contribution in [-0.2, 0) is 0 Å². The van der Waals surface area contributed by atoms with Gasteiger partial charge in [0, 0.05) is 13.2 Å². The Labute approximate surface area is 98.7 Å². The van der Waals surface area contributed by atoms with Gasteiger partial charge in [-0.25, -0.2) is 4.98 Å². The quantitative estimate of drug-likeness (QED) is 0.703. The number of aromatic amines is 1. The molecule has 0 saturated carbocycles. The minimum absolute atomic E-state index is 0.788. The maximum Gasteiger partial charge on any atom is 0.159 e. The van der Waals surface area contributed by atoms with Gasteiger partial charge in [-0.15, -0.1) is 0 Å². The Morgan fingerprint density at radius 2 is 2.00 bits per heavy atom. The highest BCUT2D eigenvalue weighted by Crippen LogP contribution is 2.24. The van der Waals surface area contributed by atoms with Gasteiger partial charge in [-0.3, -0.25) is 4.98 Å². The molecule has 0 spiro atoms. The fraction of sp³-hybridized carbons (Fsp3) is 0.0769. The third-order valence-electron chi connectivity index (χ3n) is 2.69. The van der Waals surface area contributed by atoms with Crippen LogP contribution in [0.2, 0.25) is 0 Å². The Hall–Kier alpha value is -2.36. The minimum Gasteiger partial charge on any atom is -0.386 e. The zero-order valence-corrected chi connectivity index (χ0v) is 9.44. The summed E-state index contributed by atoms with van der Waals surface area (Å²) in [5.41, 5.74) is 3.78. The molecule has 1 aromatic carbocycles. The van der Waals surface area contributed by atoms with Gasteiger partial charge >= 0.3 is 0 Å². The van der Waals surface area contributed by atoms with E-state index in [4.69, 9.17) is 0 Å². The topological polar surface area (TPSA) is 53.6 Å². The number of rotatable bonds is 2. The van der Waals surface area contributed by atoms with Crippen LogP contribution in [0.5, 0.6) is 0 Å². The van der Waals surface area contributed by atoms with Gasteiger partial charge in [0.1, 0.15) is 5.69 Å². The van der Waals surface area contributed by atoms with Crippen molar-refractivity contribution in [3.8, 4) is 11.5 Å². The number of hydrogen-bond donors (Lipinski definition) is 2. The van der Waals surface area contributed by atoms with Crippen LogP contribution in [0.25, 0.3) is 22.6 Å². The molecule has 0 aliphatic rings. The summed E-state index contributed by atoms with van der Waals surface area (Å²) in [5.74, 6) is 0.788. The van der Waals surface area contributed by atoms with Crippen molar-refractivity contribution in [2.45, 2.75) is 0 Å². The van der Waals surface area contributed by atoms with E-state index in [0.29, 0.717) is 0 Å². The van der Waals surface area contributed by atoms with Crippen LogP contribution >= 0.6 is 0 Å². The highest BCUT2D eigenvalue weighted by atomic mass is 15.0. The van der Waals surface area contributed by atoms with Crippen LogP contribution in [0.3, 0.4) is 0 Å². The molecular weight excluding hydrogens is 212 g/mol. The second kappa shape index (κ2) is 3.90. The lowest BCUT2D eigenvalue weighted by molar-refractivity contribution is 1.23. The van der Waals surface area contributed by atoms with Crippen molar-refractivity contribution in [1.29, 1.82) is 0 Å². The summed E-state index contributed by atoms with van der Waals surface area (Å²) in [6.45, 7) is 0. The van der Waals surface area contributed by atoms with Crippen molar-refractivity contribution in [3.05, 3.63) is 42.6 Å². The molecule has 3 rings (SSSR count). The zero-order chi connectivity index (χ0) is 11.7. The fourth-order valence-corrected chi connectivity index (χ4v) is 1.86. The molecule has 0 aliphatic heterocycles. The Morgan fingerprint density at radius 3 is 2.82 bits per heavy atom. The lowest BCUT2D eigenvalue weighted by atomic mass is 10.3. The summed E-state index contributed by atoms with van der Waals surface area (Å²) in [6, 6.07) is 11.8. The Bertz CT molecular complexity index is 624. The van der Waals surface area contributed by atoms with Crippen molar-refractivity contribution >= 4 is 16.7 Å². The molecule has 0 aliphatic carbocycles. The largest absolute Gasteiger partial charge is 0.386 e. The Balaban J connectivity index is 2.20. The van der Waals surface area contributed by atoms with Gasteiger partial charge in [0.25, 0.3) is 0 Å². The average molecular weight is 224 g/mol.